The minimum absolute atomic E-state index is 0.0669. The van der Waals surface area contributed by atoms with Crippen LogP contribution in [0.25, 0.3) is 6.08 Å². The van der Waals surface area contributed by atoms with Crippen LogP contribution in [0.5, 0.6) is 5.75 Å². The predicted octanol–water partition coefficient (Wildman–Crippen LogP) is 4.78. The van der Waals surface area contributed by atoms with Crippen molar-refractivity contribution < 1.29 is 14.3 Å². The first-order valence-electron chi connectivity index (χ1n) is 10.1. The minimum Gasteiger partial charge on any atom is -0.497 e. The molecule has 0 aliphatic carbocycles. The summed E-state index contributed by atoms with van der Waals surface area (Å²) in [6.07, 6.45) is 4.46. The molecule has 0 N–H and O–H groups in total. The first-order chi connectivity index (χ1) is 14.3. The van der Waals surface area contributed by atoms with E-state index in [-0.39, 0.29) is 11.9 Å². The summed E-state index contributed by atoms with van der Waals surface area (Å²) in [4.78, 5) is 15.1. The lowest BCUT2D eigenvalue weighted by Gasteiger charge is -2.53. The van der Waals surface area contributed by atoms with E-state index in [1.165, 1.54) is 0 Å². The minimum atomic E-state index is -1.54. The fourth-order valence-corrected chi connectivity index (χ4v) is 4.15. The Morgan fingerprint density at radius 2 is 1.73 bits per heavy atom. The van der Waals surface area contributed by atoms with Gasteiger partial charge in [0.05, 0.1) is 13.2 Å². The zero-order chi connectivity index (χ0) is 21.8. The molecule has 30 heavy (non-hydrogen) atoms. The SMILES string of the molecule is COc1ccc(N2C(=O)[C@](CC#C[Si](C)(C)C)(OC)[C@@H]2/C=C/c2ccccc2)cc1. The Bertz CT molecular complexity index is 967. The molecular formula is C25H29NO3Si. The van der Waals surface area contributed by atoms with E-state index in [4.69, 9.17) is 9.47 Å². The highest BCUT2D eigenvalue weighted by molar-refractivity contribution is 6.83. The number of ether oxygens (including phenoxy) is 2. The zero-order valence-electron chi connectivity index (χ0n) is 18.3. The highest BCUT2D eigenvalue weighted by atomic mass is 28.3. The van der Waals surface area contributed by atoms with Crippen molar-refractivity contribution >= 4 is 25.7 Å². The molecular weight excluding hydrogens is 390 g/mol. The van der Waals surface area contributed by atoms with Gasteiger partial charge in [-0.3, -0.25) is 9.69 Å². The molecule has 0 bridgehead atoms. The third kappa shape index (κ3) is 4.51. The molecule has 156 valence electrons. The second kappa shape index (κ2) is 8.91. The molecule has 2 aromatic rings. The van der Waals surface area contributed by atoms with Crippen molar-refractivity contribution in [1.82, 2.24) is 0 Å². The van der Waals surface area contributed by atoms with E-state index >= 15 is 0 Å². The molecule has 5 heteroatoms. The molecule has 0 radical (unpaired) electrons. The van der Waals surface area contributed by atoms with Gasteiger partial charge in [0.1, 0.15) is 13.8 Å². The smallest absolute Gasteiger partial charge is 0.263 e. The number of benzene rings is 2. The molecule has 0 aromatic heterocycles. The molecule has 4 nitrogen and oxygen atoms in total. The number of hydrogen-bond acceptors (Lipinski definition) is 3. The van der Waals surface area contributed by atoms with Crippen molar-refractivity contribution in [3.63, 3.8) is 0 Å². The average Bonchev–Trinajstić information content (AvgIpc) is 2.74. The lowest BCUT2D eigenvalue weighted by molar-refractivity contribution is -0.154. The van der Waals surface area contributed by atoms with Crippen LogP contribution in [0.15, 0.2) is 60.7 Å². The van der Waals surface area contributed by atoms with Crippen molar-refractivity contribution in [2.24, 2.45) is 0 Å². The number of β-lactam (4-membered cyclic amide) rings is 1. The van der Waals surface area contributed by atoms with Gasteiger partial charge in [-0.15, -0.1) is 11.5 Å². The van der Waals surface area contributed by atoms with Crippen molar-refractivity contribution in [3.8, 4) is 17.2 Å². The van der Waals surface area contributed by atoms with E-state index < -0.39 is 13.7 Å². The molecule has 1 aliphatic heterocycles. The van der Waals surface area contributed by atoms with Gasteiger partial charge in [0, 0.05) is 19.2 Å². The van der Waals surface area contributed by atoms with Crippen LogP contribution in [0.1, 0.15) is 12.0 Å². The maximum absolute atomic E-state index is 13.3. The van der Waals surface area contributed by atoms with Gasteiger partial charge in [0.25, 0.3) is 5.91 Å². The number of amides is 1. The molecule has 1 aliphatic rings. The summed E-state index contributed by atoms with van der Waals surface area (Å²) < 4.78 is 11.1. The number of hydrogen-bond donors (Lipinski definition) is 0. The van der Waals surface area contributed by atoms with Crippen molar-refractivity contribution in [3.05, 3.63) is 66.2 Å². The van der Waals surface area contributed by atoms with Gasteiger partial charge in [0.15, 0.2) is 5.60 Å². The monoisotopic (exact) mass is 419 g/mol. The summed E-state index contributed by atoms with van der Waals surface area (Å²) in [6, 6.07) is 17.3. The first-order valence-corrected chi connectivity index (χ1v) is 13.6. The second-order valence-electron chi connectivity index (χ2n) is 8.41. The lowest BCUT2D eigenvalue weighted by Crippen LogP contribution is -2.74. The third-order valence-electron chi connectivity index (χ3n) is 5.14. The van der Waals surface area contributed by atoms with E-state index in [0.29, 0.717) is 6.42 Å². The maximum Gasteiger partial charge on any atom is 0.263 e. The van der Waals surface area contributed by atoms with Crippen LogP contribution >= 0.6 is 0 Å². The van der Waals surface area contributed by atoms with Gasteiger partial charge in [0.2, 0.25) is 0 Å². The van der Waals surface area contributed by atoms with Gasteiger partial charge >= 0.3 is 0 Å². The first kappa shape index (κ1) is 21.9. The van der Waals surface area contributed by atoms with Crippen LogP contribution in [-0.2, 0) is 9.53 Å². The molecule has 1 heterocycles. The van der Waals surface area contributed by atoms with Crippen LogP contribution in [0, 0.1) is 11.5 Å². The van der Waals surface area contributed by atoms with Crippen LogP contribution in [-0.4, -0.2) is 39.8 Å². The Balaban J connectivity index is 1.96. The molecule has 0 spiro atoms. The highest BCUT2D eigenvalue weighted by Gasteiger charge is 2.60. The van der Waals surface area contributed by atoms with Gasteiger partial charge in [-0.05, 0) is 29.8 Å². The molecule has 0 saturated carbocycles. The summed E-state index contributed by atoms with van der Waals surface area (Å²) in [5.74, 6) is 3.94. The highest BCUT2D eigenvalue weighted by Crippen LogP contribution is 2.42. The van der Waals surface area contributed by atoms with E-state index in [2.05, 4.69) is 31.1 Å². The Labute approximate surface area is 180 Å². The van der Waals surface area contributed by atoms with E-state index in [1.807, 2.05) is 66.7 Å². The van der Waals surface area contributed by atoms with Crippen molar-refractivity contribution in [2.75, 3.05) is 19.1 Å². The van der Waals surface area contributed by atoms with Gasteiger partial charge in [-0.25, -0.2) is 0 Å². The van der Waals surface area contributed by atoms with Crippen LogP contribution in [0.2, 0.25) is 19.6 Å². The zero-order valence-corrected chi connectivity index (χ0v) is 19.3. The molecule has 2 atom stereocenters. The Kier molecular flexibility index (Phi) is 6.50. The van der Waals surface area contributed by atoms with E-state index in [1.54, 1.807) is 19.1 Å². The largest absolute Gasteiger partial charge is 0.497 e. The number of nitrogens with zero attached hydrogens (tertiary/aromatic N) is 1. The lowest BCUT2D eigenvalue weighted by atomic mass is 9.78. The topological polar surface area (TPSA) is 38.8 Å². The fourth-order valence-electron chi connectivity index (χ4n) is 3.53. The van der Waals surface area contributed by atoms with Crippen LogP contribution < -0.4 is 9.64 Å². The van der Waals surface area contributed by atoms with E-state index in [0.717, 1.165) is 17.0 Å². The maximum atomic E-state index is 13.3. The molecule has 1 amide bonds. The summed E-state index contributed by atoms with van der Waals surface area (Å²) in [6.45, 7) is 6.58. The summed E-state index contributed by atoms with van der Waals surface area (Å²) in [5.41, 5.74) is 4.28. The third-order valence-corrected chi connectivity index (χ3v) is 6.06. The molecule has 1 fully saturated rings. The van der Waals surface area contributed by atoms with Gasteiger partial charge in [-0.2, -0.15) is 0 Å². The molecule has 3 rings (SSSR count). The Morgan fingerprint density at radius 1 is 1.07 bits per heavy atom. The number of carbonyl (C=O) groups excluding carboxylic acids is 1. The Hall–Kier alpha value is -2.81. The standard InChI is InChI=1S/C25H29NO3Si/c1-28-22-15-13-21(14-16-22)26-23(17-12-20-10-7-6-8-11-20)25(29-2,24(26)27)18-9-19-30(3,4)5/h6-8,10-17,23H,18H2,1-5H3/b17-12+/t23-,25+/m0/s1. The summed E-state index contributed by atoms with van der Waals surface area (Å²) in [7, 11) is 1.69. The number of rotatable bonds is 6. The van der Waals surface area contributed by atoms with Crippen molar-refractivity contribution in [1.29, 1.82) is 0 Å². The van der Waals surface area contributed by atoms with Gasteiger partial charge < -0.3 is 9.47 Å². The normalized spacial score (nSPS) is 21.2. The molecule has 0 unspecified atom stereocenters. The predicted molar refractivity (Wildman–Crippen MR) is 125 cm³/mol. The average molecular weight is 420 g/mol. The number of methoxy groups -OCH3 is 2. The van der Waals surface area contributed by atoms with E-state index in [9.17, 15) is 4.79 Å². The quantitative estimate of drug-likeness (QED) is 0.384. The van der Waals surface area contributed by atoms with Crippen LogP contribution in [0.3, 0.4) is 0 Å². The Morgan fingerprint density at radius 3 is 2.30 bits per heavy atom. The van der Waals surface area contributed by atoms with Gasteiger partial charge in [-0.1, -0.05) is 62.1 Å². The summed E-state index contributed by atoms with van der Waals surface area (Å²) in [5, 5.41) is 0. The fraction of sp³-hybridized carbons (Fsp3) is 0.320. The number of carbonyl (C=O) groups is 1. The van der Waals surface area contributed by atoms with Crippen molar-refractivity contribution in [2.45, 2.75) is 37.7 Å². The molecule has 2 aromatic carbocycles. The summed E-state index contributed by atoms with van der Waals surface area (Å²) >= 11 is 0. The number of anilines is 1. The molecule has 1 saturated heterocycles. The van der Waals surface area contributed by atoms with Crippen LogP contribution in [0.4, 0.5) is 5.69 Å². The second-order valence-corrected chi connectivity index (χ2v) is 13.2.